The van der Waals surface area contributed by atoms with Gasteiger partial charge in [0.2, 0.25) is 0 Å². The minimum atomic E-state index is -0.0283. The Balaban J connectivity index is 1.82. The zero-order valence-corrected chi connectivity index (χ0v) is 15.1. The smallest absolute Gasteiger partial charge is 0.125 e. The van der Waals surface area contributed by atoms with E-state index in [0.29, 0.717) is 6.61 Å². The van der Waals surface area contributed by atoms with Crippen molar-refractivity contribution >= 4 is 11.3 Å². The van der Waals surface area contributed by atoms with Crippen LogP contribution in [0.1, 0.15) is 34.7 Å². The summed E-state index contributed by atoms with van der Waals surface area (Å²) in [6.45, 7) is 6.69. The third-order valence-corrected chi connectivity index (χ3v) is 4.94. The van der Waals surface area contributed by atoms with Gasteiger partial charge in [0.15, 0.2) is 0 Å². The van der Waals surface area contributed by atoms with Gasteiger partial charge in [-0.1, -0.05) is 30.3 Å². The van der Waals surface area contributed by atoms with Crippen molar-refractivity contribution < 1.29 is 4.74 Å². The summed E-state index contributed by atoms with van der Waals surface area (Å²) in [5.74, 6) is 0.949. The van der Waals surface area contributed by atoms with E-state index in [2.05, 4.69) is 48.5 Å². The van der Waals surface area contributed by atoms with Crippen LogP contribution in [-0.2, 0) is 6.61 Å². The van der Waals surface area contributed by atoms with Crippen LogP contribution < -0.4 is 10.5 Å². The minimum Gasteiger partial charge on any atom is -0.488 e. The maximum atomic E-state index is 6.05. The van der Waals surface area contributed by atoms with E-state index >= 15 is 0 Å². The van der Waals surface area contributed by atoms with Crippen molar-refractivity contribution in [3.8, 4) is 17.0 Å². The second kappa shape index (κ2) is 7.16. The van der Waals surface area contributed by atoms with Gasteiger partial charge in [-0.25, -0.2) is 4.98 Å². The lowest BCUT2D eigenvalue weighted by molar-refractivity contribution is 0.302. The Morgan fingerprint density at radius 2 is 1.79 bits per heavy atom. The van der Waals surface area contributed by atoms with Crippen molar-refractivity contribution in [1.82, 2.24) is 4.98 Å². The summed E-state index contributed by atoms with van der Waals surface area (Å²) < 4.78 is 6.05. The third kappa shape index (κ3) is 3.66. The highest BCUT2D eigenvalue weighted by Crippen LogP contribution is 2.32. The quantitative estimate of drug-likeness (QED) is 0.710. The van der Waals surface area contributed by atoms with E-state index in [1.54, 1.807) is 11.3 Å². The normalized spacial score (nSPS) is 12.2. The summed E-state index contributed by atoms with van der Waals surface area (Å²) in [5, 5.41) is 3.03. The van der Waals surface area contributed by atoms with Crippen LogP contribution in [0, 0.1) is 13.8 Å². The zero-order chi connectivity index (χ0) is 17.1. The molecule has 0 aliphatic heterocycles. The summed E-state index contributed by atoms with van der Waals surface area (Å²) >= 11 is 1.61. The summed E-state index contributed by atoms with van der Waals surface area (Å²) in [5.41, 5.74) is 11.4. The molecule has 0 bridgehead atoms. The van der Waals surface area contributed by atoms with Gasteiger partial charge in [-0.2, -0.15) is 0 Å². The molecule has 1 unspecified atom stereocenters. The van der Waals surface area contributed by atoms with Crippen molar-refractivity contribution in [3.05, 3.63) is 69.5 Å². The maximum absolute atomic E-state index is 6.05. The van der Waals surface area contributed by atoms with E-state index in [1.165, 1.54) is 5.56 Å². The van der Waals surface area contributed by atoms with Crippen LogP contribution in [0.15, 0.2) is 47.8 Å². The molecule has 0 fully saturated rings. The first-order valence-corrected chi connectivity index (χ1v) is 8.92. The molecule has 0 aliphatic rings. The molecule has 1 atom stereocenters. The highest BCUT2D eigenvalue weighted by molar-refractivity contribution is 7.10. The predicted molar refractivity (Wildman–Crippen MR) is 100 cm³/mol. The van der Waals surface area contributed by atoms with Crippen molar-refractivity contribution in [1.29, 1.82) is 0 Å². The summed E-state index contributed by atoms with van der Waals surface area (Å²) in [6.07, 6.45) is 0. The lowest BCUT2D eigenvalue weighted by atomic mass is 10.0. The molecule has 2 aromatic carbocycles. The Bertz CT molecular complexity index is 802. The van der Waals surface area contributed by atoms with Crippen LogP contribution in [0.2, 0.25) is 0 Å². The zero-order valence-electron chi connectivity index (χ0n) is 14.2. The van der Waals surface area contributed by atoms with Crippen LogP contribution in [0.25, 0.3) is 11.3 Å². The topological polar surface area (TPSA) is 48.1 Å². The number of hydrogen-bond donors (Lipinski definition) is 1. The molecule has 2 N–H and O–H groups in total. The van der Waals surface area contributed by atoms with E-state index < -0.39 is 0 Å². The van der Waals surface area contributed by atoms with Crippen molar-refractivity contribution in [2.24, 2.45) is 5.73 Å². The predicted octanol–water partition coefficient (Wildman–Crippen LogP) is 5.03. The second-order valence-corrected chi connectivity index (χ2v) is 6.96. The Morgan fingerprint density at radius 1 is 1.12 bits per heavy atom. The van der Waals surface area contributed by atoms with Crippen molar-refractivity contribution in [2.75, 3.05) is 0 Å². The molecule has 0 spiro atoms. The Labute approximate surface area is 147 Å². The van der Waals surface area contributed by atoms with Gasteiger partial charge < -0.3 is 10.5 Å². The molecule has 4 heteroatoms. The molecular formula is C20H22N2OS. The average Bonchev–Trinajstić information content (AvgIpc) is 3.05. The number of rotatable bonds is 5. The van der Waals surface area contributed by atoms with Crippen LogP contribution in [0.3, 0.4) is 0 Å². The maximum Gasteiger partial charge on any atom is 0.125 e. The first-order valence-electron chi connectivity index (χ1n) is 8.04. The lowest BCUT2D eigenvalue weighted by Gasteiger charge is -2.14. The molecule has 24 heavy (non-hydrogen) atoms. The fourth-order valence-electron chi connectivity index (χ4n) is 2.68. The molecule has 0 saturated carbocycles. The number of nitrogens with two attached hydrogens (primary N) is 1. The molecule has 3 rings (SSSR count). The van der Waals surface area contributed by atoms with Crippen molar-refractivity contribution in [3.63, 3.8) is 0 Å². The molecule has 0 aliphatic carbocycles. The van der Waals surface area contributed by atoms with Gasteiger partial charge >= 0.3 is 0 Å². The molecule has 1 heterocycles. The van der Waals surface area contributed by atoms with Crippen molar-refractivity contribution in [2.45, 2.75) is 33.4 Å². The van der Waals surface area contributed by atoms with E-state index in [4.69, 9.17) is 10.5 Å². The average molecular weight is 338 g/mol. The Morgan fingerprint density at radius 3 is 2.38 bits per heavy atom. The number of aryl methyl sites for hydroxylation is 2. The highest BCUT2D eigenvalue weighted by atomic mass is 32.1. The SMILES string of the molecule is Cc1cc(-c2csc(C(C)N)n2)cc(C)c1OCc1ccccc1. The Hall–Kier alpha value is -2.17. The van der Waals surface area contributed by atoms with Crippen LogP contribution in [-0.4, -0.2) is 4.98 Å². The molecule has 0 saturated heterocycles. The number of ether oxygens (including phenoxy) is 1. The third-order valence-electron chi connectivity index (χ3n) is 3.89. The molecule has 0 radical (unpaired) electrons. The van der Waals surface area contributed by atoms with Gasteiger partial charge in [0.25, 0.3) is 0 Å². The highest BCUT2D eigenvalue weighted by Gasteiger charge is 2.12. The van der Waals surface area contributed by atoms with E-state index in [1.807, 2.05) is 25.1 Å². The lowest BCUT2D eigenvalue weighted by Crippen LogP contribution is -2.04. The van der Waals surface area contributed by atoms with Crippen LogP contribution in [0.5, 0.6) is 5.75 Å². The van der Waals surface area contributed by atoms with Crippen LogP contribution in [0.4, 0.5) is 0 Å². The van der Waals surface area contributed by atoms with E-state index in [9.17, 15) is 0 Å². The van der Waals surface area contributed by atoms with Gasteiger partial charge in [0.05, 0.1) is 11.7 Å². The number of aromatic nitrogens is 1. The number of thiazole rings is 1. The van der Waals surface area contributed by atoms with Gasteiger partial charge in [-0.15, -0.1) is 11.3 Å². The summed E-state index contributed by atoms with van der Waals surface area (Å²) in [7, 11) is 0. The van der Waals surface area contributed by atoms with Gasteiger partial charge in [0.1, 0.15) is 17.4 Å². The minimum absolute atomic E-state index is 0.0283. The molecule has 0 amide bonds. The fourth-order valence-corrected chi connectivity index (χ4v) is 3.47. The first kappa shape index (κ1) is 16.7. The van der Waals surface area contributed by atoms with Gasteiger partial charge in [0, 0.05) is 10.9 Å². The molecule has 3 aromatic rings. The van der Waals surface area contributed by atoms with Gasteiger partial charge in [-0.05, 0) is 49.6 Å². The summed E-state index contributed by atoms with van der Waals surface area (Å²) in [6, 6.07) is 14.5. The molecule has 1 aromatic heterocycles. The largest absolute Gasteiger partial charge is 0.488 e. The first-order chi connectivity index (χ1) is 11.5. The molecule has 3 nitrogen and oxygen atoms in total. The number of hydrogen-bond acceptors (Lipinski definition) is 4. The monoisotopic (exact) mass is 338 g/mol. The Kier molecular flexibility index (Phi) is 4.97. The van der Waals surface area contributed by atoms with Crippen LogP contribution >= 0.6 is 11.3 Å². The van der Waals surface area contributed by atoms with E-state index in [-0.39, 0.29) is 6.04 Å². The summed E-state index contributed by atoms with van der Waals surface area (Å²) in [4.78, 5) is 4.64. The number of nitrogens with zero attached hydrogens (tertiary/aromatic N) is 1. The molecule has 124 valence electrons. The van der Waals surface area contributed by atoms with Gasteiger partial charge in [-0.3, -0.25) is 0 Å². The fraction of sp³-hybridized carbons (Fsp3) is 0.250. The number of benzene rings is 2. The second-order valence-electron chi connectivity index (χ2n) is 6.07. The van der Waals surface area contributed by atoms with E-state index in [0.717, 1.165) is 33.1 Å². The standard InChI is InChI=1S/C20H22N2OS/c1-13-9-17(18-12-24-20(22-18)15(3)21)10-14(2)19(13)23-11-16-7-5-4-6-8-16/h4-10,12,15H,11,21H2,1-3H3. The molecular weight excluding hydrogens is 316 g/mol.